The Morgan fingerprint density at radius 3 is 2.85 bits per heavy atom. The molecule has 0 saturated heterocycles. The number of nitrogens with zero attached hydrogens (tertiary/aromatic N) is 3. The SMILES string of the molecule is Cn1cc(Sc2cc(C(=O)O)c3ccccc3n2)cn1. The van der Waals surface area contributed by atoms with Gasteiger partial charge in [-0.1, -0.05) is 30.0 Å². The first-order valence-corrected chi connectivity index (χ1v) is 6.75. The fourth-order valence-corrected chi connectivity index (χ4v) is 2.82. The number of aromatic carboxylic acids is 1. The summed E-state index contributed by atoms with van der Waals surface area (Å²) in [6.07, 6.45) is 3.59. The molecule has 3 rings (SSSR count). The zero-order valence-electron chi connectivity index (χ0n) is 10.6. The van der Waals surface area contributed by atoms with Crippen molar-refractivity contribution in [3.8, 4) is 0 Å². The van der Waals surface area contributed by atoms with E-state index in [0.29, 0.717) is 15.9 Å². The average Bonchev–Trinajstić information content (AvgIpc) is 2.83. The second kappa shape index (κ2) is 4.97. The van der Waals surface area contributed by atoms with Gasteiger partial charge in [0.2, 0.25) is 0 Å². The van der Waals surface area contributed by atoms with Gasteiger partial charge in [-0.15, -0.1) is 0 Å². The summed E-state index contributed by atoms with van der Waals surface area (Å²) in [5.74, 6) is -0.948. The van der Waals surface area contributed by atoms with Crippen LogP contribution in [0.4, 0.5) is 0 Å². The molecule has 2 aromatic heterocycles. The predicted molar refractivity (Wildman–Crippen MR) is 76.0 cm³/mol. The molecule has 0 radical (unpaired) electrons. The molecule has 0 fully saturated rings. The molecule has 0 aliphatic carbocycles. The fraction of sp³-hybridized carbons (Fsp3) is 0.0714. The smallest absolute Gasteiger partial charge is 0.336 e. The van der Waals surface area contributed by atoms with Gasteiger partial charge in [-0.25, -0.2) is 9.78 Å². The van der Waals surface area contributed by atoms with Crippen LogP contribution >= 0.6 is 11.8 Å². The number of para-hydroxylation sites is 1. The van der Waals surface area contributed by atoms with Crippen molar-refractivity contribution in [2.75, 3.05) is 0 Å². The van der Waals surface area contributed by atoms with Crippen LogP contribution in [0.5, 0.6) is 0 Å². The fourth-order valence-electron chi connectivity index (χ4n) is 1.95. The van der Waals surface area contributed by atoms with Crippen molar-refractivity contribution in [3.63, 3.8) is 0 Å². The van der Waals surface area contributed by atoms with Gasteiger partial charge in [0.05, 0.1) is 22.2 Å². The number of benzene rings is 1. The van der Waals surface area contributed by atoms with E-state index in [1.807, 2.05) is 31.4 Å². The third kappa shape index (κ3) is 2.37. The van der Waals surface area contributed by atoms with E-state index < -0.39 is 5.97 Å². The maximum Gasteiger partial charge on any atom is 0.336 e. The largest absolute Gasteiger partial charge is 0.478 e. The number of pyridine rings is 1. The predicted octanol–water partition coefficient (Wildman–Crippen LogP) is 2.82. The summed E-state index contributed by atoms with van der Waals surface area (Å²) >= 11 is 1.40. The highest BCUT2D eigenvalue weighted by molar-refractivity contribution is 7.99. The van der Waals surface area contributed by atoms with Crippen LogP contribution in [0.1, 0.15) is 10.4 Å². The molecule has 6 heteroatoms. The Morgan fingerprint density at radius 1 is 1.35 bits per heavy atom. The number of hydrogen-bond acceptors (Lipinski definition) is 4. The Hall–Kier alpha value is -2.34. The van der Waals surface area contributed by atoms with Gasteiger partial charge in [0.25, 0.3) is 0 Å². The number of carboxylic acids is 1. The Labute approximate surface area is 119 Å². The third-order valence-corrected chi connectivity index (χ3v) is 3.69. The lowest BCUT2D eigenvalue weighted by molar-refractivity contribution is 0.0698. The van der Waals surface area contributed by atoms with E-state index in [1.54, 1.807) is 23.0 Å². The highest BCUT2D eigenvalue weighted by atomic mass is 32.2. The van der Waals surface area contributed by atoms with Crippen molar-refractivity contribution in [1.29, 1.82) is 0 Å². The molecule has 0 aliphatic heterocycles. The van der Waals surface area contributed by atoms with Crippen LogP contribution < -0.4 is 0 Å². The molecule has 0 amide bonds. The number of carboxylic acid groups (broad SMARTS) is 1. The van der Waals surface area contributed by atoms with Crippen LogP contribution in [0, 0.1) is 0 Å². The van der Waals surface area contributed by atoms with Gasteiger partial charge in [0.15, 0.2) is 0 Å². The Morgan fingerprint density at radius 2 is 2.15 bits per heavy atom. The van der Waals surface area contributed by atoms with Gasteiger partial charge in [-0.2, -0.15) is 5.10 Å². The zero-order valence-corrected chi connectivity index (χ0v) is 11.5. The molecule has 0 spiro atoms. The summed E-state index contributed by atoms with van der Waals surface area (Å²) < 4.78 is 1.70. The van der Waals surface area contributed by atoms with Crippen molar-refractivity contribution in [1.82, 2.24) is 14.8 Å². The molecular formula is C14H11N3O2S. The highest BCUT2D eigenvalue weighted by Gasteiger charge is 2.12. The molecule has 0 saturated carbocycles. The van der Waals surface area contributed by atoms with E-state index in [4.69, 9.17) is 0 Å². The van der Waals surface area contributed by atoms with Gasteiger partial charge in [0, 0.05) is 18.6 Å². The summed E-state index contributed by atoms with van der Waals surface area (Å²) in [4.78, 5) is 16.8. The average molecular weight is 285 g/mol. The molecule has 0 atom stereocenters. The van der Waals surface area contributed by atoms with Crippen LogP contribution in [0.15, 0.2) is 52.6 Å². The normalized spacial score (nSPS) is 10.8. The molecule has 0 bridgehead atoms. The maximum absolute atomic E-state index is 11.4. The van der Waals surface area contributed by atoms with Crippen LogP contribution in [0.25, 0.3) is 10.9 Å². The Bertz CT molecular complexity index is 798. The van der Waals surface area contributed by atoms with E-state index >= 15 is 0 Å². The van der Waals surface area contributed by atoms with Crippen molar-refractivity contribution in [3.05, 3.63) is 48.3 Å². The Kier molecular flexibility index (Phi) is 3.15. The summed E-state index contributed by atoms with van der Waals surface area (Å²) in [5.41, 5.74) is 0.945. The first-order chi connectivity index (χ1) is 9.63. The second-order valence-electron chi connectivity index (χ2n) is 4.28. The second-order valence-corrected chi connectivity index (χ2v) is 5.38. The van der Waals surface area contributed by atoms with E-state index in [9.17, 15) is 9.90 Å². The molecule has 1 N–H and O–H groups in total. The van der Waals surface area contributed by atoms with Gasteiger partial charge in [-0.05, 0) is 12.1 Å². The number of aryl methyl sites for hydroxylation is 1. The first kappa shape index (κ1) is 12.7. The topological polar surface area (TPSA) is 68.0 Å². The van der Waals surface area contributed by atoms with Crippen molar-refractivity contribution < 1.29 is 9.90 Å². The lowest BCUT2D eigenvalue weighted by Crippen LogP contribution is -1.99. The van der Waals surface area contributed by atoms with E-state index in [2.05, 4.69) is 10.1 Å². The van der Waals surface area contributed by atoms with E-state index in [1.165, 1.54) is 11.8 Å². The van der Waals surface area contributed by atoms with Crippen LogP contribution in [0.2, 0.25) is 0 Å². The lowest BCUT2D eigenvalue weighted by atomic mass is 10.1. The molecule has 5 nitrogen and oxygen atoms in total. The first-order valence-electron chi connectivity index (χ1n) is 5.93. The van der Waals surface area contributed by atoms with Crippen molar-refractivity contribution in [2.24, 2.45) is 7.05 Å². The summed E-state index contributed by atoms with van der Waals surface area (Å²) in [6.45, 7) is 0. The molecule has 1 aromatic carbocycles. The standard InChI is InChI=1S/C14H11N3O2S/c1-17-8-9(7-15-17)20-13-6-11(14(18)19)10-4-2-3-5-12(10)16-13/h2-8H,1H3,(H,18,19). The van der Waals surface area contributed by atoms with Crippen LogP contribution in [-0.2, 0) is 7.05 Å². The summed E-state index contributed by atoms with van der Waals surface area (Å²) in [5, 5.41) is 14.7. The molecule has 20 heavy (non-hydrogen) atoms. The molecule has 3 aromatic rings. The van der Waals surface area contributed by atoms with Crippen molar-refractivity contribution in [2.45, 2.75) is 9.92 Å². The number of carbonyl (C=O) groups is 1. The minimum atomic E-state index is -0.948. The molecular weight excluding hydrogens is 274 g/mol. The molecule has 0 aliphatic rings. The van der Waals surface area contributed by atoms with Crippen molar-refractivity contribution >= 4 is 28.6 Å². The van der Waals surface area contributed by atoms with Gasteiger partial charge < -0.3 is 5.11 Å². The zero-order chi connectivity index (χ0) is 14.1. The highest BCUT2D eigenvalue weighted by Crippen LogP contribution is 2.29. The summed E-state index contributed by atoms with van der Waals surface area (Å²) in [7, 11) is 1.83. The quantitative estimate of drug-likeness (QED) is 0.801. The maximum atomic E-state index is 11.4. The lowest BCUT2D eigenvalue weighted by Gasteiger charge is -2.05. The molecule has 2 heterocycles. The van der Waals surface area contributed by atoms with Gasteiger partial charge in [0.1, 0.15) is 5.03 Å². The van der Waals surface area contributed by atoms with E-state index in [0.717, 1.165) is 4.90 Å². The number of hydrogen-bond donors (Lipinski definition) is 1. The minimum absolute atomic E-state index is 0.266. The van der Waals surface area contributed by atoms with Gasteiger partial charge >= 0.3 is 5.97 Å². The van der Waals surface area contributed by atoms with Gasteiger partial charge in [-0.3, -0.25) is 4.68 Å². The summed E-state index contributed by atoms with van der Waals surface area (Å²) in [6, 6.07) is 8.84. The molecule has 0 unspecified atom stereocenters. The number of rotatable bonds is 3. The van der Waals surface area contributed by atoms with E-state index in [-0.39, 0.29) is 5.56 Å². The Balaban J connectivity index is 2.10. The monoisotopic (exact) mass is 285 g/mol. The van der Waals surface area contributed by atoms with Crippen LogP contribution in [0.3, 0.4) is 0 Å². The molecule has 100 valence electrons. The third-order valence-electron chi connectivity index (χ3n) is 2.83. The minimum Gasteiger partial charge on any atom is -0.478 e. The number of aromatic nitrogens is 3. The van der Waals surface area contributed by atoms with Crippen LogP contribution in [-0.4, -0.2) is 25.8 Å². The number of fused-ring (bicyclic) bond motifs is 1.